The van der Waals surface area contributed by atoms with Crippen molar-refractivity contribution in [3.63, 3.8) is 0 Å². The van der Waals surface area contributed by atoms with Crippen LogP contribution in [0.5, 0.6) is 0 Å². The maximum Gasteiger partial charge on any atom is 0.222 e. The molecular weight excluding hydrogens is 230 g/mol. The Bertz CT molecular complexity index is 199. The van der Waals surface area contributed by atoms with Gasteiger partial charge in [-0.25, -0.2) is 0 Å². The lowest BCUT2D eigenvalue weighted by Crippen LogP contribution is -2.48. The number of carbonyl (C=O) groups excluding carboxylic acids is 1. The Hall–Kier alpha value is -0.360. The molecule has 0 radical (unpaired) electrons. The minimum Gasteiger partial charge on any atom is -0.375 e. The zero-order valence-corrected chi connectivity index (χ0v) is 10.8. The lowest BCUT2D eigenvalue weighted by atomic mass is 10.2. The highest BCUT2D eigenvalue weighted by Gasteiger charge is 2.16. The van der Waals surface area contributed by atoms with Crippen molar-refractivity contribution in [1.29, 1.82) is 0 Å². The van der Waals surface area contributed by atoms with Crippen LogP contribution in [0.3, 0.4) is 0 Å². The zero-order chi connectivity index (χ0) is 11.1. The highest BCUT2D eigenvalue weighted by Crippen LogP contribution is 1.98. The van der Waals surface area contributed by atoms with Gasteiger partial charge < -0.3 is 20.3 Å². The van der Waals surface area contributed by atoms with E-state index in [1.54, 1.807) is 0 Å². The normalized spacial score (nSPS) is 15.4. The fourth-order valence-electron chi connectivity index (χ4n) is 1.21. The minimum absolute atomic E-state index is 0. The Morgan fingerprint density at radius 3 is 2.69 bits per heavy atom. The van der Waals surface area contributed by atoms with Crippen molar-refractivity contribution in [3.8, 4) is 0 Å². The summed E-state index contributed by atoms with van der Waals surface area (Å²) < 4.78 is 5.44. The molecular formula is C10H22ClN3O2. The maximum absolute atomic E-state index is 11.3. The number of rotatable bonds is 7. The number of amides is 1. The number of nitrogens with zero attached hydrogens (tertiary/aromatic N) is 1. The largest absolute Gasteiger partial charge is 0.375 e. The van der Waals surface area contributed by atoms with Gasteiger partial charge in [-0.2, -0.15) is 0 Å². The van der Waals surface area contributed by atoms with E-state index in [2.05, 4.69) is 10.6 Å². The third kappa shape index (κ3) is 7.00. The summed E-state index contributed by atoms with van der Waals surface area (Å²) in [7, 11) is 3.97. The SMILES string of the molecule is CN(C)CCNC(=O)CCOC1CNC1.Cl. The number of ether oxygens (including phenoxy) is 1. The predicted octanol–water partition coefficient (Wildman–Crippen LogP) is -0.535. The van der Waals surface area contributed by atoms with E-state index in [0.717, 1.165) is 19.6 Å². The van der Waals surface area contributed by atoms with Crippen LogP contribution in [0.2, 0.25) is 0 Å². The van der Waals surface area contributed by atoms with Crippen molar-refractivity contribution < 1.29 is 9.53 Å². The van der Waals surface area contributed by atoms with Gasteiger partial charge >= 0.3 is 0 Å². The number of hydrogen-bond acceptors (Lipinski definition) is 4. The minimum atomic E-state index is 0. The molecule has 0 aromatic heterocycles. The molecule has 0 bridgehead atoms. The summed E-state index contributed by atoms with van der Waals surface area (Å²) >= 11 is 0. The lowest BCUT2D eigenvalue weighted by molar-refractivity contribution is -0.122. The van der Waals surface area contributed by atoms with Gasteiger partial charge in [-0.1, -0.05) is 0 Å². The Morgan fingerprint density at radius 2 is 2.19 bits per heavy atom. The van der Waals surface area contributed by atoms with E-state index in [1.807, 2.05) is 19.0 Å². The topological polar surface area (TPSA) is 53.6 Å². The monoisotopic (exact) mass is 251 g/mol. The number of hydrogen-bond donors (Lipinski definition) is 2. The molecule has 1 amide bonds. The van der Waals surface area contributed by atoms with Crippen LogP contribution in [0.4, 0.5) is 0 Å². The van der Waals surface area contributed by atoms with Gasteiger partial charge in [-0.05, 0) is 14.1 Å². The first-order valence-corrected chi connectivity index (χ1v) is 5.42. The average molecular weight is 252 g/mol. The van der Waals surface area contributed by atoms with E-state index in [-0.39, 0.29) is 18.3 Å². The molecule has 96 valence electrons. The van der Waals surface area contributed by atoms with Gasteiger partial charge in [0.2, 0.25) is 5.91 Å². The summed E-state index contributed by atoms with van der Waals surface area (Å²) in [5, 5.41) is 5.96. The van der Waals surface area contributed by atoms with Crippen LogP contribution in [0.15, 0.2) is 0 Å². The molecule has 0 aromatic rings. The first kappa shape index (κ1) is 15.6. The van der Waals surface area contributed by atoms with E-state index in [1.165, 1.54) is 0 Å². The Balaban J connectivity index is 0.00000225. The summed E-state index contributed by atoms with van der Waals surface area (Å²) in [6, 6.07) is 0. The van der Waals surface area contributed by atoms with Gasteiger partial charge in [0.1, 0.15) is 0 Å². The number of nitrogens with one attached hydrogen (secondary N) is 2. The molecule has 1 aliphatic rings. The third-order valence-corrected chi connectivity index (χ3v) is 2.31. The maximum atomic E-state index is 11.3. The summed E-state index contributed by atoms with van der Waals surface area (Å²) in [5.41, 5.74) is 0. The van der Waals surface area contributed by atoms with Crippen LogP contribution < -0.4 is 10.6 Å². The third-order valence-electron chi connectivity index (χ3n) is 2.31. The van der Waals surface area contributed by atoms with Gasteiger partial charge in [0.15, 0.2) is 0 Å². The number of likely N-dealkylation sites (N-methyl/N-ethyl adjacent to an activating group) is 1. The molecule has 1 fully saturated rings. The summed E-state index contributed by atoms with van der Waals surface area (Å²) in [4.78, 5) is 13.3. The first-order valence-electron chi connectivity index (χ1n) is 5.42. The molecule has 0 aromatic carbocycles. The fraction of sp³-hybridized carbons (Fsp3) is 0.900. The van der Waals surface area contributed by atoms with Crippen molar-refractivity contribution >= 4 is 18.3 Å². The van der Waals surface area contributed by atoms with E-state index < -0.39 is 0 Å². The molecule has 0 atom stereocenters. The van der Waals surface area contributed by atoms with E-state index in [0.29, 0.717) is 25.7 Å². The second kappa shape index (κ2) is 8.75. The molecule has 0 saturated carbocycles. The van der Waals surface area contributed by atoms with Gasteiger partial charge in [0.05, 0.1) is 12.7 Å². The van der Waals surface area contributed by atoms with Crippen molar-refractivity contribution in [3.05, 3.63) is 0 Å². The molecule has 5 nitrogen and oxygen atoms in total. The van der Waals surface area contributed by atoms with Crippen LogP contribution in [0.25, 0.3) is 0 Å². The first-order chi connectivity index (χ1) is 7.18. The molecule has 6 heteroatoms. The van der Waals surface area contributed by atoms with Crippen molar-refractivity contribution in [1.82, 2.24) is 15.5 Å². The second-order valence-electron chi connectivity index (χ2n) is 4.05. The van der Waals surface area contributed by atoms with Crippen molar-refractivity contribution in [2.75, 3.05) is 46.9 Å². The average Bonchev–Trinajstić information content (AvgIpc) is 2.08. The van der Waals surface area contributed by atoms with Crippen LogP contribution in [-0.4, -0.2) is 63.8 Å². The second-order valence-corrected chi connectivity index (χ2v) is 4.05. The highest BCUT2D eigenvalue weighted by molar-refractivity contribution is 5.85. The Morgan fingerprint density at radius 1 is 1.50 bits per heavy atom. The zero-order valence-electron chi connectivity index (χ0n) is 9.99. The highest BCUT2D eigenvalue weighted by atomic mass is 35.5. The molecule has 1 heterocycles. The standard InChI is InChI=1S/C10H21N3O2.ClH/c1-13(2)5-4-12-10(14)3-6-15-9-7-11-8-9;/h9,11H,3-8H2,1-2H3,(H,12,14);1H. The van der Waals surface area contributed by atoms with Gasteiger partial charge in [0, 0.05) is 32.6 Å². The Kier molecular flexibility index (Phi) is 8.56. The smallest absolute Gasteiger partial charge is 0.222 e. The predicted molar refractivity (Wildman–Crippen MR) is 66.0 cm³/mol. The van der Waals surface area contributed by atoms with Crippen LogP contribution in [0.1, 0.15) is 6.42 Å². The summed E-state index contributed by atoms with van der Waals surface area (Å²) in [6.45, 7) is 3.95. The summed E-state index contributed by atoms with van der Waals surface area (Å²) in [5.74, 6) is 0.0733. The molecule has 0 spiro atoms. The molecule has 16 heavy (non-hydrogen) atoms. The molecule has 1 aliphatic heterocycles. The fourth-order valence-corrected chi connectivity index (χ4v) is 1.21. The molecule has 1 rings (SSSR count). The van der Waals surface area contributed by atoms with Crippen molar-refractivity contribution in [2.45, 2.75) is 12.5 Å². The van der Waals surface area contributed by atoms with Crippen LogP contribution >= 0.6 is 12.4 Å². The van der Waals surface area contributed by atoms with Crippen LogP contribution in [-0.2, 0) is 9.53 Å². The molecule has 0 aliphatic carbocycles. The number of carbonyl (C=O) groups is 1. The molecule has 1 saturated heterocycles. The van der Waals surface area contributed by atoms with Crippen molar-refractivity contribution in [2.24, 2.45) is 0 Å². The van der Waals surface area contributed by atoms with Gasteiger partial charge in [-0.3, -0.25) is 4.79 Å². The van der Waals surface area contributed by atoms with E-state index in [9.17, 15) is 4.79 Å². The number of halogens is 1. The van der Waals surface area contributed by atoms with E-state index in [4.69, 9.17) is 4.74 Å². The Labute approximate surface area is 103 Å². The summed E-state index contributed by atoms with van der Waals surface area (Å²) in [6.07, 6.45) is 0.781. The van der Waals surface area contributed by atoms with Gasteiger partial charge in [-0.15, -0.1) is 12.4 Å². The molecule has 0 unspecified atom stereocenters. The molecule has 2 N–H and O–H groups in total. The van der Waals surface area contributed by atoms with Crippen LogP contribution in [0, 0.1) is 0 Å². The quantitative estimate of drug-likeness (QED) is 0.639. The van der Waals surface area contributed by atoms with Gasteiger partial charge in [0.25, 0.3) is 0 Å². The van der Waals surface area contributed by atoms with E-state index >= 15 is 0 Å². The lowest BCUT2D eigenvalue weighted by Gasteiger charge is -2.26.